The number of rotatable bonds is 3. The fourth-order valence-corrected chi connectivity index (χ4v) is 7.55. The van der Waals surface area contributed by atoms with Crippen LogP contribution >= 0.6 is 0 Å². The Bertz CT molecular complexity index is 373. The third kappa shape index (κ3) is 6.77. The lowest BCUT2D eigenvalue weighted by Crippen LogP contribution is -2.41. The Labute approximate surface area is 179 Å². The molecule has 0 heterocycles. The lowest BCUT2D eigenvalue weighted by atomic mass is 9.56. The van der Waals surface area contributed by atoms with Crippen molar-refractivity contribution in [3.63, 3.8) is 0 Å². The van der Waals surface area contributed by atoms with Crippen LogP contribution in [0.2, 0.25) is 0 Å². The minimum absolute atomic E-state index is 1.02. The van der Waals surface area contributed by atoms with E-state index in [1.807, 2.05) is 13.8 Å². The van der Waals surface area contributed by atoms with Gasteiger partial charge in [0, 0.05) is 0 Å². The van der Waals surface area contributed by atoms with Gasteiger partial charge in [-0.3, -0.25) is 0 Å². The molecule has 5 atom stereocenters. The Hall–Kier alpha value is 0. The number of hydrogen-bond acceptors (Lipinski definition) is 0. The molecule has 0 bridgehead atoms. The molecule has 0 aliphatic heterocycles. The Kier molecular flexibility index (Phi) is 11.6. The van der Waals surface area contributed by atoms with E-state index in [4.69, 9.17) is 0 Å². The normalized spacial score (nSPS) is 36.5. The molecule has 0 heteroatoms. The predicted octanol–water partition coefficient (Wildman–Crippen LogP) is 9.67. The van der Waals surface area contributed by atoms with Gasteiger partial charge in [-0.05, 0) is 54.3 Å². The maximum absolute atomic E-state index is 2.59. The molecule has 0 aromatic carbocycles. The summed E-state index contributed by atoms with van der Waals surface area (Å²) < 4.78 is 0. The van der Waals surface area contributed by atoms with Gasteiger partial charge in [0.25, 0.3) is 0 Å². The SMILES string of the molecule is CC.CC1CCCCC1.CCCC1C(C)CC2CCCC2C1C1CCCCC1. The lowest BCUT2D eigenvalue weighted by Gasteiger charge is -2.49. The van der Waals surface area contributed by atoms with Gasteiger partial charge in [0.05, 0.1) is 0 Å². The quantitative estimate of drug-likeness (QED) is 0.450. The fourth-order valence-electron chi connectivity index (χ4n) is 7.55. The van der Waals surface area contributed by atoms with Crippen molar-refractivity contribution in [3.05, 3.63) is 0 Å². The molecule has 4 aliphatic carbocycles. The Morgan fingerprint density at radius 1 is 0.643 bits per heavy atom. The molecule has 0 amide bonds. The van der Waals surface area contributed by atoms with Crippen LogP contribution in [-0.2, 0) is 0 Å². The molecule has 0 spiro atoms. The molecule has 0 nitrogen and oxygen atoms in total. The zero-order chi connectivity index (χ0) is 20.4. The first-order valence-electron chi connectivity index (χ1n) is 13.7. The zero-order valence-corrected chi connectivity index (χ0v) is 20.4. The van der Waals surface area contributed by atoms with Crippen molar-refractivity contribution in [1.82, 2.24) is 0 Å². The van der Waals surface area contributed by atoms with Crippen LogP contribution in [-0.4, -0.2) is 0 Å². The third-order valence-electron chi connectivity index (χ3n) is 8.82. The molecule has 4 rings (SSSR count). The summed E-state index contributed by atoms with van der Waals surface area (Å²) in [6, 6.07) is 0. The van der Waals surface area contributed by atoms with Crippen molar-refractivity contribution in [2.24, 2.45) is 41.4 Å². The van der Waals surface area contributed by atoms with Crippen LogP contribution in [0.1, 0.15) is 137 Å². The summed E-state index contributed by atoms with van der Waals surface area (Å²) in [5.41, 5.74) is 0. The highest BCUT2D eigenvalue weighted by atomic mass is 14.5. The fraction of sp³-hybridized carbons (Fsp3) is 1.00. The molecule has 0 N–H and O–H groups in total. The largest absolute Gasteiger partial charge is 0.0683 e. The molecule has 166 valence electrons. The summed E-state index contributed by atoms with van der Waals surface area (Å²) in [6.45, 7) is 11.4. The van der Waals surface area contributed by atoms with Gasteiger partial charge in [-0.25, -0.2) is 0 Å². The van der Waals surface area contributed by atoms with Gasteiger partial charge in [-0.15, -0.1) is 0 Å². The van der Waals surface area contributed by atoms with Crippen molar-refractivity contribution >= 4 is 0 Å². The van der Waals surface area contributed by atoms with E-state index >= 15 is 0 Å². The average molecular weight is 391 g/mol. The van der Waals surface area contributed by atoms with Crippen LogP contribution in [0.5, 0.6) is 0 Å². The van der Waals surface area contributed by atoms with Crippen LogP contribution in [0.25, 0.3) is 0 Å². The van der Waals surface area contributed by atoms with Crippen molar-refractivity contribution in [2.45, 2.75) is 137 Å². The highest BCUT2D eigenvalue weighted by Gasteiger charge is 2.47. The van der Waals surface area contributed by atoms with Crippen LogP contribution in [0.3, 0.4) is 0 Å². The van der Waals surface area contributed by atoms with Gasteiger partial charge >= 0.3 is 0 Å². The van der Waals surface area contributed by atoms with E-state index in [9.17, 15) is 0 Å². The smallest absolute Gasteiger partial charge is 0.0324 e. The van der Waals surface area contributed by atoms with E-state index in [0.717, 1.165) is 41.4 Å². The van der Waals surface area contributed by atoms with E-state index in [2.05, 4.69) is 20.8 Å². The molecule has 4 fully saturated rings. The Balaban J connectivity index is 0.000000261. The average Bonchev–Trinajstić information content (AvgIpc) is 3.20. The second-order valence-corrected chi connectivity index (χ2v) is 10.7. The standard InChI is InChI=1S/C19H34.C7H14.C2H6/c1-3-8-17-14(2)13-16-11-7-12-18(16)19(17)15-9-5-4-6-10-15;1-7-5-3-2-4-6-7;1-2/h14-19H,3-13H2,1-2H3;7H,2-6H2,1H3;1-2H3. The number of fused-ring (bicyclic) bond motifs is 1. The molecule has 0 radical (unpaired) electrons. The van der Waals surface area contributed by atoms with Crippen molar-refractivity contribution in [2.75, 3.05) is 0 Å². The first kappa shape index (κ1) is 24.3. The maximum Gasteiger partial charge on any atom is -0.0324 e. The first-order valence-corrected chi connectivity index (χ1v) is 13.7. The molecule has 4 saturated carbocycles. The summed E-state index contributed by atoms with van der Waals surface area (Å²) in [7, 11) is 0. The minimum atomic E-state index is 1.02. The van der Waals surface area contributed by atoms with Gasteiger partial charge < -0.3 is 0 Å². The topological polar surface area (TPSA) is 0 Å². The third-order valence-corrected chi connectivity index (χ3v) is 8.82. The van der Waals surface area contributed by atoms with Gasteiger partial charge in [-0.1, -0.05) is 125 Å². The Morgan fingerprint density at radius 2 is 1.21 bits per heavy atom. The van der Waals surface area contributed by atoms with Gasteiger partial charge in [0.15, 0.2) is 0 Å². The van der Waals surface area contributed by atoms with Crippen LogP contribution < -0.4 is 0 Å². The summed E-state index contributed by atoms with van der Waals surface area (Å²) in [5.74, 6) is 7.62. The van der Waals surface area contributed by atoms with Gasteiger partial charge in [0.1, 0.15) is 0 Å². The summed E-state index contributed by atoms with van der Waals surface area (Å²) in [4.78, 5) is 0. The van der Waals surface area contributed by atoms with E-state index in [0.29, 0.717) is 0 Å². The second kappa shape index (κ2) is 13.3. The Morgan fingerprint density at radius 3 is 1.75 bits per heavy atom. The van der Waals surface area contributed by atoms with Crippen molar-refractivity contribution in [3.8, 4) is 0 Å². The van der Waals surface area contributed by atoms with Gasteiger partial charge in [-0.2, -0.15) is 0 Å². The van der Waals surface area contributed by atoms with Gasteiger partial charge in [0.2, 0.25) is 0 Å². The summed E-state index contributed by atoms with van der Waals surface area (Å²) in [5, 5.41) is 0. The van der Waals surface area contributed by atoms with Crippen LogP contribution in [0.4, 0.5) is 0 Å². The van der Waals surface area contributed by atoms with E-state index in [1.54, 1.807) is 38.5 Å². The summed E-state index contributed by atoms with van der Waals surface area (Å²) >= 11 is 0. The van der Waals surface area contributed by atoms with E-state index in [-0.39, 0.29) is 0 Å². The highest BCUT2D eigenvalue weighted by Crippen LogP contribution is 2.55. The highest BCUT2D eigenvalue weighted by molar-refractivity contribution is 4.96. The van der Waals surface area contributed by atoms with Crippen LogP contribution in [0.15, 0.2) is 0 Å². The maximum atomic E-state index is 2.59. The zero-order valence-electron chi connectivity index (χ0n) is 20.4. The molecular formula is C28H54. The minimum Gasteiger partial charge on any atom is -0.0683 e. The molecule has 4 aliphatic rings. The molecule has 0 aromatic heterocycles. The summed E-state index contributed by atoms with van der Waals surface area (Å²) in [6.07, 6.45) is 24.4. The molecule has 0 aromatic rings. The molecule has 0 saturated heterocycles. The molecule has 28 heavy (non-hydrogen) atoms. The molecular weight excluding hydrogens is 336 g/mol. The number of hydrogen-bond donors (Lipinski definition) is 0. The van der Waals surface area contributed by atoms with Crippen molar-refractivity contribution in [1.29, 1.82) is 0 Å². The molecule has 5 unspecified atom stereocenters. The monoisotopic (exact) mass is 390 g/mol. The lowest BCUT2D eigenvalue weighted by molar-refractivity contribution is 0.00320. The first-order chi connectivity index (χ1) is 13.7. The van der Waals surface area contributed by atoms with E-state index < -0.39 is 0 Å². The van der Waals surface area contributed by atoms with Crippen molar-refractivity contribution < 1.29 is 0 Å². The predicted molar refractivity (Wildman–Crippen MR) is 127 cm³/mol. The van der Waals surface area contributed by atoms with E-state index in [1.165, 1.54) is 64.2 Å². The van der Waals surface area contributed by atoms with Crippen LogP contribution in [0, 0.1) is 41.4 Å². The second-order valence-electron chi connectivity index (χ2n) is 10.7.